The molecule has 1 aliphatic carbocycles. The summed E-state index contributed by atoms with van der Waals surface area (Å²) >= 11 is 1.16. The Balaban J connectivity index is 1.36. The molecule has 8 nitrogen and oxygen atoms in total. The number of carbonyl (C=O) groups is 3. The van der Waals surface area contributed by atoms with Crippen molar-refractivity contribution in [1.29, 1.82) is 0 Å². The Labute approximate surface area is 193 Å². The van der Waals surface area contributed by atoms with E-state index >= 15 is 0 Å². The molecule has 5 rings (SSSR count). The van der Waals surface area contributed by atoms with Crippen molar-refractivity contribution in [2.45, 2.75) is 51.7 Å². The van der Waals surface area contributed by atoms with Crippen molar-refractivity contribution in [3.05, 3.63) is 62.5 Å². The Morgan fingerprint density at radius 3 is 2.39 bits per heavy atom. The Bertz CT molecular complexity index is 1300. The maximum Gasteiger partial charge on any atom is 0.348 e. The summed E-state index contributed by atoms with van der Waals surface area (Å²) in [6, 6.07) is 6.67. The Morgan fingerprint density at radius 2 is 1.73 bits per heavy atom. The molecule has 1 saturated carbocycles. The van der Waals surface area contributed by atoms with E-state index in [-0.39, 0.29) is 36.6 Å². The van der Waals surface area contributed by atoms with Crippen LogP contribution in [0.4, 0.5) is 0 Å². The molecule has 2 aliphatic rings. The zero-order chi connectivity index (χ0) is 23.1. The third-order valence-corrected chi connectivity index (χ3v) is 7.55. The minimum absolute atomic E-state index is 0.0548. The van der Waals surface area contributed by atoms with Gasteiger partial charge in [0.05, 0.1) is 22.8 Å². The van der Waals surface area contributed by atoms with Crippen LogP contribution in [-0.2, 0) is 11.3 Å². The second-order valence-electron chi connectivity index (χ2n) is 8.45. The number of hydrogen-bond donors (Lipinski definition) is 0. The van der Waals surface area contributed by atoms with Gasteiger partial charge in [-0.3, -0.25) is 23.9 Å². The van der Waals surface area contributed by atoms with Crippen LogP contribution in [0.3, 0.4) is 0 Å². The average molecular weight is 466 g/mol. The highest BCUT2D eigenvalue weighted by Gasteiger charge is 2.34. The van der Waals surface area contributed by atoms with Crippen LogP contribution in [-0.4, -0.2) is 44.9 Å². The van der Waals surface area contributed by atoms with E-state index < -0.39 is 5.97 Å². The lowest BCUT2D eigenvalue weighted by molar-refractivity contribution is 0.0216. The summed E-state index contributed by atoms with van der Waals surface area (Å²) in [5, 5.41) is 0.375. The molecule has 0 saturated heterocycles. The summed E-state index contributed by atoms with van der Waals surface area (Å²) < 4.78 is 7.06. The van der Waals surface area contributed by atoms with Gasteiger partial charge in [0.25, 0.3) is 17.4 Å². The summed E-state index contributed by atoms with van der Waals surface area (Å²) in [5.74, 6) is -1.13. The quantitative estimate of drug-likeness (QED) is 0.422. The van der Waals surface area contributed by atoms with Crippen LogP contribution in [0.5, 0.6) is 0 Å². The van der Waals surface area contributed by atoms with Gasteiger partial charge in [-0.2, -0.15) is 0 Å². The summed E-state index contributed by atoms with van der Waals surface area (Å²) in [6.45, 7) is 1.90. The predicted molar refractivity (Wildman–Crippen MR) is 123 cm³/mol. The summed E-state index contributed by atoms with van der Waals surface area (Å²) in [5.41, 5.74) is 1.00. The summed E-state index contributed by atoms with van der Waals surface area (Å²) in [4.78, 5) is 57.4. The highest BCUT2D eigenvalue weighted by atomic mass is 32.1. The minimum atomic E-state index is -0.403. The third-order valence-electron chi connectivity index (χ3n) is 6.37. The first-order valence-corrected chi connectivity index (χ1v) is 11.9. The third kappa shape index (κ3) is 3.76. The van der Waals surface area contributed by atoms with Crippen molar-refractivity contribution in [3.63, 3.8) is 0 Å². The van der Waals surface area contributed by atoms with Gasteiger partial charge < -0.3 is 4.74 Å². The standard InChI is InChI=1S/C24H23N3O5S/c1-14-18-20(33-19(14)24(31)32-15-7-3-2-4-8-15)25-13-26(23(18)30)11-12-27-21(28)16-9-5-6-10-17(16)22(27)29/h5-6,9-10,13,15H,2-4,7-8,11-12H2,1H3. The summed E-state index contributed by atoms with van der Waals surface area (Å²) in [7, 11) is 0. The van der Waals surface area contributed by atoms with Crippen molar-refractivity contribution in [2.75, 3.05) is 6.54 Å². The highest BCUT2D eigenvalue weighted by Crippen LogP contribution is 2.29. The molecule has 0 unspecified atom stereocenters. The second kappa shape index (κ2) is 8.55. The van der Waals surface area contributed by atoms with Crippen LogP contribution in [0.15, 0.2) is 35.4 Å². The van der Waals surface area contributed by atoms with Gasteiger partial charge in [0.1, 0.15) is 15.8 Å². The van der Waals surface area contributed by atoms with Gasteiger partial charge in [-0.05, 0) is 50.3 Å². The number of esters is 1. The molecule has 9 heteroatoms. The molecule has 1 fully saturated rings. The maximum absolute atomic E-state index is 13.2. The molecule has 0 radical (unpaired) electrons. The van der Waals surface area contributed by atoms with Crippen molar-refractivity contribution in [3.8, 4) is 0 Å². The Morgan fingerprint density at radius 1 is 1.06 bits per heavy atom. The maximum atomic E-state index is 13.2. The van der Waals surface area contributed by atoms with Gasteiger partial charge in [0.2, 0.25) is 0 Å². The molecule has 2 aromatic heterocycles. The topological polar surface area (TPSA) is 98.6 Å². The number of ether oxygens (including phenoxy) is 1. The fraction of sp³-hybridized carbons (Fsp3) is 0.375. The van der Waals surface area contributed by atoms with Crippen LogP contribution >= 0.6 is 11.3 Å². The molecule has 0 bridgehead atoms. The number of fused-ring (bicyclic) bond motifs is 2. The van der Waals surface area contributed by atoms with Crippen LogP contribution in [0.1, 0.15) is 68.1 Å². The van der Waals surface area contributed by atoms with Gasteiger partial charge >= 0.3 is 5.97 Å². The molecule has 33 heavy (non-hydrogen) atoms. The van der Waals surface area contributed by atoms with E-state index in [1.165, 1.54) is 17.3 Å². The first-order chi connectivity index (χ1) is 16.0. The number of thiophene rings is 1. The predicted octanol–water partition coefficient (Wildman–Crippen LogP) is 3.55. The Hall–Kier alpha value is -3.33. The van der Waals surface area contributed by atoms with E-state index in [0.29, 0.717) is 31.8 Å². The fourth-order valence-electron chi connectivity index (χ4n) is 4.55. The van der Waals surface area contributed by atoms with Gasteiger partial charge in [0.15, 0.2) is 0 Å². The number of aromatic nitrogens is 2. The molecule has 2 amide bonds. The van der Waals surface area contributed by atoms with Crippen molar-refractivity contribution in [1.82, 2.24) is 14.5 Å². The first kappa shape index (κ1) is 21.5. The number of carbonyl (C=O) groups excluding carboxylic acids is 3. The zero-order valence-corrected chi connectivity index (χ0v) is 19.0. The lowest BCUT2D eigenvalue weighted by atomic mass is 9.98. The number of rotatable bonds is 5. The number of aryl methyl sites for hydroxylation is 1. The van der Waals surface area contributed by atoms with E-state index in [1.54, 1.807) is 31.2 Å². The molecule has 170 valence electrons. The van der Waals surface area contributed by atoms with Crippen LogP contribution in [0.2, 0.25) is 0 Å². The smallest absolute Gasteiger partial charge is 0.348 e. The normalized spacial score (nSPS) is 16.5. The molecule has 0 N–H and O–H groups in total. The molecule has 3 aromatic rings. The zero-order valence-electron chi connectivity index (χ0n) is 18.2. The molecule has 0 spiro atoms. The largest absolute Gasteiger partial charge is 0.458 e. The van der Waals surface area contributed by atoms with E-state index in [2.05, 4.69) is 4.98 Å². The van der Waals surface area contributed by atoms with Gasteiger partial charge in [-0.1, -0.05) is 18.6 Å². The van der Waals surface area contributed by atoms with Crippen molar-refractivity contribution >= 4 is 39.3 Å². The monoisotopic (exact) mass is 465 g/mol. The van der Waals surface area contributed by atoms with E-state index in [4.69, 9.17) is 4.74 Å². The van der Waals surface area contributed by atoms with Gasteiger partial charge in [-0.15, -0.1) is 11.3 Å². The average Bonchev–Trinajstić information content (AvgIpc) is 3.29. The molecule has 1 aromatic carbocycles. The van der Waals surface area contributed by atoms with Crippen molar-refractivity contribution in [2.24, 2.45) is 0 Å². The second-order valence-corrected chi connectivity index (χ2v) is 9.45. The molecule has 0 atom stereocenters. The lowest BCUT2D eigenvalue weighted by Crippen LogP contribution is -2.35. The van der Waals surface area contributed by atoms with Crippen LogP contribution in [0.25, 0.3) is 10.2 Å². The van der Waals surface area contributed by atoms with E-state index in [9.17, 15) is 19.2 Å². The van der Waals surface area contributed by atoms with Crippen LogP contribution in [0, 0.1) is 6.92 Å². The van der Waals surface area contributed by atoms with Gasteiger partial charge in [0, 0.05) is 13.1 Å². The molecule has 1 aliphatic heterocycles. The van der Waals surface area contributed by atoms with E-state index in [0.717, 1.165) is 41.9 Å². The minimum Gasteiger partial charge on any atom is -0.458 e. The first-order valence-electron chi connectivity index (χ1n) is 11.1. The number of imide groups is 1. The lowest BCUT2D eigenvalue weighted by Gasteiger charge is -2.21. The molecular weight excluding hydrogens is 442 g/mol. The number of amides is 2. The summed E-state index contributed by atoms with van der Waals surface area (Å²) in [6.07, 6.45) is 6.36. The Kier molecular flexibility index (Phi) is 5.57. The highest BCUT2D eigenvalue weighted by molar-refractivity contribution is 7.20. The SMILES string of the molecule is Cc1c(C(=O)OC2CCCCC2)sc2ncn(CCN3C(=O)c4ccccc4C3=O)c(=O)c12. The van der Waals surface area contributed by atoms with Crippen molar-refractivity contribution < 1.29 is 19.1 Å². The number of hydrogen-bond acceptors (Lipinski definition) is 7. The number of benzene rings is 1. The van der Waals surface area contributed by atoms with E-state index in [1.807, 2.05) is 0 Å². The van der Waals surface area contributed by atoms with Crippen LogP contribution < -0.4 is 5.56 Å². The molecular formula is C24H23N3O5S. The van der Waals surface area contributed by atoms with Gasteiger partial charge in [-0.25, -0.2) is 9.78 Å². The fourth-order valence-corrected chi connectivity index (χ4v) is 5.57. The molecule has 3 heterocycles. The number of nitrogens with zero attached hydrogens (tertiary/aromatic N) is 3.